The quantitative estimate of drug-likeness (QED) is 0.782. The van der Waals surface area contributed by atoms with Crippen molar-refractivity contribution in [2.75, 3.05) is 7.11 Å². The molecular weight excluding hydrogens is 276 g/mol. The highest BCUT2D eigenvalue weighted by Crippen LogP contribution is 2.54. The second-order valence-electron chi connectivity index (χ2n) is 5.21. The maximum Gasteiger partial charge on any atom is 0.339 e. The Balaban J connectivity index is 2.40. The van der Waals surface area contributed by atoms with E-state index in [9.17, 15) is 13.6 Å². The zero-order valence-electron chi connectivity index (χ0n) is 10.9. The molecule has 1 heterocycles. The molecule has 1 aliphatic carbocycles. The number of halogens is 3. The van der Waals surface area contributed by atoms with Crippen LogP contribution in [0.1, 0.15) is 41.5 Å². The first-order valence-corrected chi connectivity index (χ1v) is 6.20. The molecule has 0 atom stereocenters. The Morgan fingerprint density at radius 3 is 2.53 bits per heavy atom. The van der Waals surface area contributed by atoms with Crippen LogP contribution in [0.3, 0.4) is 0 Å². The predicted octanol–water partition coefficient (Wildman–Crippen LogP) is 3.52. The number of esters is 1. The number of hydrogen-bond donors (Lipinski definition) is 0. The van der Waals surface area contributed by atoms with Gasteiger partial charge in [-0.15, -0.1) is 0 Å². The molecule has 0 unspecified atom stereocenters. The van der Waals surface area contributed by atoms with Crippen molar-refractivity contribution >= 4 is 17.6 Å². The smallest absolute Gasteiger partial charge is 0.339 e. The van der Waals surface area contributed by atoms with Crippen LogP contribution >= 0.6 is 11.6 Å². The number of aromatic nitrogens is 1. The molecule has 1 aliphatic rings. The highest BCUT2D eigenvalue weighted by molar-refractivity contribution is 6.31. The minimum Gasteiger partial charge on any atom is -0.465 e. The average molecular weight is 290 g/mol. The van der Waals surface area contributed by atoms with E-state index in [-0.39, 0.29) is 23.4 Å². The van der Waals surface area contributed by atoms with E-state index in [1.165, 1.54) is 13.2 Å². The van der Waals surface area contributed by atoms with Crippen LogP contribution in [0.25, 0.3) is 0 Å². The summed E-state index contributed by atoms with van der Waals surface area (Å²) in [6, 6.07) is 1.44. The van der Waals surface area contributed by atoms with Crippen LogP contribution in [0.15, 0.2) is 6.07 Å². The minimum atomic E-state index is -2.66. The van der Waals surface area contributed by atoms with Gasteiger partial charge in [-0.2, -0.15) is 0 Å². The number of rotatable bonds is 2. The Labute approximate surface area is 114 Å². The van der Waals surface area contributed by atoms with Gasteiger partial charge in [-0.3, -0.25) is 4.98 Å². The topological polar surface area (TPSA) is 39.2 Å². The molecule has 1 aromatic rings. The van der Waals surface area contributed by atoms with Crippen LogP contribution in [0.5, 0.6) is 0 Å². The van der Waals surface area contributed by atoms with Gasteiger partial charge in [0.1, 0.15) is 0 Å². The molecule has 0 bridgehead atoms. The molecule has 0 aromatic carbocycles. The summed E-state index contributed by atoms with van der Waals surface area (Å²) < 4.78 is 30.8. The fraction of sp³-hybridized carbons (Fsp3) is 0.538. The molecule has 0 saturated heterocycles. The summed E-state index contributed by atoms with van der Waals surface area (Å²) in [7, 11) is 1.26. The number of carbonyl (C=O) groups excluding carboxylic acids is 1. The van der Waals surface area contributed by atoms with E-state index in [4.69, 9.17) is 11.6 Å². The van der Waals surface area contributed by atoms with Crippen LogP contribution in [-0.4, -0.2) is 24.0 Å². The molecule has 19 heavy (non-hydrogen) atoms. The van der Waals surface area contributed by atoms with E-state index in [0.717, 1.165) is 0 Å². The minimum absolute atomic E-state index is 0.226. The predicted molar refractivity (Wildman–Crippen MR) is 66.9 cm³/mol. The number of alkyl halides is 2. The Morgan fingerprint density at radius 1 is 1.47 bits per heavy atom. The molecule has 0 amide bonds. The third kappa shape index (κ3) is 2.43. The van der Waals surface area contributed by atoms with Gasteiger partial charge in [0.15, 0.2) is 0 Å². The summed E-state index contributed by atoms with van der Waals surface area (Å²) in [6.07, 6.45) is -0.548. The van der Waals surface area contributed by atoms with Crippen molar-refractivity contribution in [1.29, 1.82) is 0 Å². The Bertz CT molecular complexity index is 538. The van der Waals surface area contributed by atoms with Gasteiger partial charge in [0.2, 0.25) is 5.92 Å². The zero-order valence-corrected chi connectivity index (χ0v) is 11.6. The molecule has 1 fully saturated rings. The second-order valence-corrected chi connectivity index (χ2v) is 5.62. The second kappa shape index (κ2) is 4.40. The molecule has 1 aromatic heterocycles. The Morgan fingerprint density at radius 2 is 2.05 bits per heavy atom. The van der Waals surface area contributed by atoms with E-state index in [0.29, 0.717) is 11.4 Å². The average Bonchev–Trinajstić information content (AvgIpc) is 2.27. The van der Waals surface area contributed by atoms with Crippen LogP contribution in [0, 0.1) is 6.92 Å². The van der Waals surface area contributed by atoms with Gasteiger partial charge in [-0.25, -0.2) is 13.6 Å². The van der Waals surface area contributed by atoms with Crippen molar-refractivity contribution in [3.05, 3.63) is 28.0 Å². The third-order valence-corrected chi connectivity index (χ3v) is 3.73. The summed E-state index contributed by atoms with van der Waals surface area (Å²) in [5, 5.41) is 0.226. The van der Waals surface area contributed by atoms with Crippen LogP contribution in [0.2, 0.25) is 5.02 Å². The van der Waals surface area contributed by atoms with Crippen LogP contribution < -0.4 is 0 Å². The molecule has 0 spiro atoms. The molecule has 1 saturated carbocycles. The normalized spacial score (nSPS) is 19.7. The molecule has 0 aliphatic heterocycles. The number of pyridine rings is 1. The van der Waals surface area contributed by atoms with Crippen molar-refractivity contribution in [3.8, 4) is 0 Å². The fourth-order valence-electron chi connectivity index (χ4n) is 2.58. The number of carbonyl (C=O) groups is 1. The highest BCUT2D eigenvalue weighted by Gasteiger charge is 2.56. The molecule has 104 valence electrons. The number of aryl methyl sites for hydroxylation is 1. The van der Waals surface area contributed by atoms with E-state index >= 15 is 0 Å². The first kappa shape index (κ1) is 14.2. The summed E-state index contributed by atoms with van der Waals surface area (Å²) in [5.74, 6) is -3.20. The van der Waals surface area contributed by atoms with E-state index < -0.39 is 17.3 Å². The molecule has 2 rings (SSSR count). The van der Waals surface area contributed by atoms with Gasteiger partial charge in [-0.05, 0) is 13.0 Å². The fourth-order valence-corrected chi connectivity index (χ4v) is 2.96. The van der Waals surface area contributed by atoms with Crippen molar-refractivity contribution in [3.63, 3.8) is 0 Å². The lowest BCUT2D eigenvalue weighted by molar-refractivity contribution is -0.122. The maximum absolute atomic E-state index is 13.1. The lowest BCUT2D eigenvalue weighted by Crippen LogP contribution is -2.48. The number of hydrogen-bond acceptors (Lipinski definition) is 3. The first-order chi connectivity index (χ1) is 8.68. The molecule has 0 radical (unpaired) electrons. The first-order valence-electron chi connectivity index (χ1n) is 5.82. The molecule has 6 heteroatoms. The number of methoxy groups -OCH3 is 1. The maximum atomic E-state index is 13.1. The van der Waals surface area contributed by atoms with Crippen LogP contribution in [-0.2, 0) is 10.2 Å². The van der Waals surface area contributed by atoms with E-state index in [1.54, 1.807) is 13.8 Å². The van der Waals surface area contributed by atoms with Crippen molar-refractivity contribution in [2.45, 2.75) is 38.0 Å². The standard InChI is InChI=1S/C13H14ClF2NO2/c1-7-8(11(18)19-3)4-9(14)10(17-7)12(2)5-13(15,16)6-12/h4H,5-6H2,1-3H3. The summed E-state index contributed by atoms with van der Waals surface area (Å²) >= 11 is 6.08. The summed E-state index contributed by atoms with van der Waals surface area (Å²) in [4.78, 5) is 15.7. The van der Waals surface area contributed by atoms with Crippen molar-refractivity contribution < 1.29 is 18.3 Å². The SMILES string of the molecule is COC(=O)c1cc(Cl)c(C2(C)CC(F)(F)C2)nc1C. The van der Waals surface area contributed by atoms with Gasteiger partial charge in [0.25, 0.3) is 0 Å². The lowest BCUT2D eigenvalue weighted by atomic mass is 9.65. The number of nitrogens with zero attached hydrogens (tertiary/aromatic N) is 1. The van der Waals surface area contributed by atoms with Crippen molar-refractivity contribution in [1.82, 2.24) is 4.98 Å². The lowest BCUT2D eigenvalue weighted by Gasteiger charge is -2.44. The summed E-state index contributed by atoms with van der Waals surface area (Å²) in [6.45, 7) is 3.34. The largest absolute Gasteiger partial charge is 0.465 e. The van der Waals surface area contributed by atoms with Gasteiger partial charge in [0.05, 0.1) is 29.1 Å². The Kier molecular flexibility index (Phi) is 3.29. The molecule has 3 nitrogen and oxygen atoms in total. The third-order valence-electron chi connectivity index (χ3n) is 3.44. The number of ether oxygens (including phenoxy) is 1. The van der Waals surface area contributed by atoms with Crippen molar-refractivity contribution in [2.24, 2.45) is 0 Å². The summed E-state index contributed by atoms with van der Waals surface area (Å²) in [5.41, 5.74) is 0.374. The monoisotopic (exact) mass is 289 g/mol. The van der Waals surface area contributed by atoms with Gasteiger partial charge >= 0.3 is 5.97 Å². The zero-order chi connectivity index (χ0) is 14.4. The van der Waals surface area contributed by atoms with E-state index in [2.05, 4.69) is 9.72 Å². The molecular formula is C13H14ClF2NO2. The molecule has 0 N–H and O–H groups in total. The van der Waals surface area contributed by atoms with Crippen LogP contribution in [0.4, 0.5) is 8.78 Å². The van der Waals surface area contributed by atoms with Gasteiger partial charge in [-0.1, -0.05) is 18.5 Å². The van der Waals surface area contributed by atoms with Gasteiger partial charge < -0.3 is 4.74 Å². The Hall–Kier alpha value is -1.23. The van der Waals surface area contributed by atoms with Gasteiger partial charge in [0, 0.05) is 18.3 Å². The highest BCUT2D eigenvalue weighted by atomic mass is 35.5. The van der Waals surface area contributed by atoms with E-state index in [1.807, 2.05) is 0 Å².